The second-order valence-corrected chi connectivity index (χ2v) is 6.90. The number of ether oxygens (including phenoxy) is 2. The first kappa shape index (κ1) is 21.6. The number of anilines is 4. The maximum absolute atomic E-state index is 13.7. The van der Waals surface area contributed by atoms with E-state index < -0.39 is 11.7 Å². The second-order valence-electron chi connectivity index (χ2n) is 6.90. The van der Waals surface area contributed by atoms with Crippen molar-refractivity contribution in [3.63, 3.8) is 0 Å². The molecule has 1 saturated heterocycles. The number of halogens is 3. The SMILES string of the molecule is COc1ccc(Nc2cc(-c3cnc(N)cc3C(F)(F)F)nc(N3CCOCC3)n2)cn1. The molecule has 3 aromatic heterocycles. The number of morpholine rings is 1. The predicted octanol–water partition coefficient (Wildman–Crippen LogP) is 3.12. The molecule has 1 fully saturated rings. The molecule has 0 aromatic carbocycles. The summed E-state index contributed by atoms with van der Waals surface area (Å²) in [5, 5.41) is 3.06. The summed E-state index contributed by atoms with van der Waals surface area (Å²) in [5.41, 5.74) is 5.03. The second kappa shape index (κ2) is 8.83. The third-order valence-electron chi connectivity index (χ3n) is 4.73. The molecular formula is C20H20F3N7O2. The van der Waals surface area contributed by atoms with Crippen LogP contribution in [0.5, 0.6) is 5.88 Å². The highest BCUT2D eigenvalue weighted by atomic mass is 19.4. The number of alkyl halides is 3. The van der Waals surface area contributed by atoms with Gasteiger partial charge in [-0.3, -0.25) is 0 Å². The van der Waals surface area contributed by atoms with E-state index in [0.717, 1.165) is 12.3 Å². The van der Waals surface area contributed by atoms with Gasteiger partial charge in [0.25, 0.3) is 0 Å². The monoisotopic (exact) mass is 447 g/mol. The summed E-state index contributed by atoms with van der Waals surface area (Å²) in [6.45, 7) is 1.96. The molecular weight excluding hydrogens is 427 g/mol. The molecule has 0 radical (unpaired) electrons. The van der Waals surface area contributed by atoms with Crippen molar-refractivity contribution in [2.24, 2.45) is 0 Å². The highest BCUT2D eigenvalue weighted by Gasteiger charge is 2.35. The molecule has 0 amide bonds. The van der Waals surface area contributed by atoms with Crippen molar-refractivity contribution in [3.8, 4) is 17.1 Å². The fourth-order valence-electron chi connectivity index (χ4n) is 3.17. The summed E-state index contributed by atoms with van der Waals surface area (Å²) in [7, 11) is 1.50. The molecule has 3 aromatic rings. The third-order valence-corrected chi connectivity index (χ3v) is 4.73. The van der Waals surface area contributed by atoms with Gasteiger partial charge >= 0.3 is 6.18 Å². The van der Waals surface area contributed by atoms with Gasteiger partial charge in [0.15, 0.2) is 0 Å². The van der Waals surface area contributed by atoms with Crippen molar-refractivity contribution in [1.29, 1.82) is 0 Å². The van der Waals surface area contributed by atoms with Crippen molar-refractivity contribution in [2.75, 3.05) is 49.4 Å². The number of hydrogen-bond donors (Lipinski definition) is 2. The van der Waals surface area contributed by atoms with Crippen molar-refractivity contribution in [2.45, 2.75) is 6.18 Å². The van der Waals surface area contributed by atoms with Gasteiger partial charge in [0.05, 0.1) is 43.5 Å². The first-order valence-electron chi connectivity index (χ1n) is 9.65. The quantitative estimate of drug-likeness (QED) is 0.609. The molecule has 0 atom stereocenters. The van der Waals surface area contributed by atoms with E-state index >= 15 is 0 Å². The molecule has 1 aliphatic rings. The van der Waals surface area contributed by atoms with Crippen LogP contribution in [0.2, 0.25) is 0 Å². The van der Waals surface area contributed by atoms with Crippen LogP contribution in [0.15, 0.2) is 36.7 Å². The van der Waals surface area contributed by atoms with E-state index in [1.807, 2.05) is 4.90 Å². The highest BCUT2D eigenvalue weighted by Crippen LogP contribution is 2.38. The maximum Gasteiger partial charge on any atom is 0.417 e. The molecule has 9 nitrogen and oxygen atoms in total. The molecule has 4 heterocycles. The zero-order valence-electron chi connectivity index (χ0n) is 17.1. The van der Waals surface area contributed by atoms with Crippen LogP contribution in [0.4, 0.5) is 36.4 Å². The van der Waals surface area contributed by atoms with Crippen molar-refractivity contribution in [1.82, 2.24) is 19.9 Å². The Morgan fingerprint density at radius 2 is 1.88 bits per heavy atom. The highest BCUT2D eigenvalue weighted by molar-refractivity contribution is 5.71. The van der Waals surface area contributed by atoms with Crippen LogP contribution in [-0.4, -0.2) is 53.3 Å². The Kier molecular flexibility index (Phi) is 5.95. The normalized spacial score (nSPS) is 14.3. The molecule has 1 aliphatic heterocycles. The fourth-order valence-corrected chi connectivity index (χ4v) is 3.17. The minimum atomic E-state index is -4.63. The summed E-state index contributed by atoms with van der Waals surface area (Å²) in [4.78, 5) is 18.7. The largest absolute Gasteiger partial charge is 0.481 e. The van der Waals surface area contributed by atoms with Gasteiger partial charge < -0.3 is 25.4 Å². The van der Waals surface area contributed by atoms with E-state index in [-0.39, 0.29) is 23.0 Å². The molecule has 32 heavy (non-hydrogen) atoms. The van der Waals surface area contributed by atoms with Gasteiger partial charge in [-0.15, -0.1) is 0 Å². The number of pyridine rings is 2. The van der Waals surface area contributed by atoms with Crippen molar-refractivity contribution < 1.29 is 22.6 Å². The molecule has 3 N–H and O–H groups in total. The third kappa shape index (κ3) is 4.80. The Hall–Kier alpha value is -3.67. The average Bonchev–Trinajstić information content (AvgIpc) is 2.79. The topological polar surface area (TPSA) is 111 Å². The summed E-state index contributed by atoms with van der Waals surface area (Å²) in [5.74, 6) is 0.773. The van der Waals surface area contributed by atoms with Crippen LogP contribution in [0.25, 0.3) is 11.3 Å². The van der Waals surface area contributed by atoms with Gasteiger partial charge in [-0.25, -0.2) is 15.0 Å². The number of nitrogens with two attached hydrogens (primary N) is 1. The zero-order valence-corrected chi connectivity index (χ0v) is 17.1. The van der Waals surface area contributed by atoms with Crippen LogP contribution in [0, 0.1) is 0 Å². The lowest BCUT2D eigenvalue weighted by Gasteiger charge is -2.27. The van der Waals surface area contributed by atoms with Gasteiger partial charge in [-0.2, -0.15) is 18.2 Å². The minimum Gasteiger partial charge on any atom is -0.481 e. The van der Waals surface area contributed by atoms with Gasteiger partial charge in [0, 0.05) is 37.0 Å². The summed E-state index contributed by atoms with van der Waals surface area (Å²) in [6, 6.07) is 5.59. The van der Waals surface area contributed by atoms with E-state index in [1.165, 1.54) is 19.4 Å². The minimum absolute atomic E-state index is 0.0605. The van der Waals surface area contributed by atoms with E-state index in [0.29, 0.717) is 43.7 Å². The van der Waals surface area contributed by atoms with E-state index in [1.54, 1.807) is 12.1 Å². The van der Waals surface area contributed by atoms with Gasteiger partial charge in [-0.1, -0.05) is 0 Å². The molecule has 0 aliphatic carbocycles. The average molecular weight is 447 g/mol. The van der Waals surface area contributed by atoms with Crippen LogP contribution < -0.4 is 20.7 Å². The van der Waals surface area contributed by atoms with Gasteiger partial charge in [-0.05, 0) is 12.1 Å². The van der Waals surface area contributed by atoms with Crippen molar-refractivity contribution >= 4 is 23.3 Å². The van der Waals surface area contributed by atoms with Crippen molar-refractivity contribution in [3.05, 3.63) is 42.2 Å². The molecule has 0 spiro atoms. The predicted molar refractivity (Wildman–Crippen MR) is 112 cm³/mol. The molecule has 0 unspecified atom stereocenters. The summed E-state index contributed by atoms with van der Waals surface area (Å²) < 4.78 is 51.5. The van der Waals surface area contributed by atoms with Gasteiger partial charge in [0.1, 0.15) is 11.6 Å². The smallest absolute Gasteiger partial charge is 0.417 e. The molecule has 0 bridgehead atoms. The summed E-state index contributed by atoms with van der Waals surface area (Å²) >= 11 is 0. The number of nitrogens with one attached hydrogen (secondary N) is 1. The number of nitrogen functional groups attached to an aromatic ring is 1. The molecule has 12 heteroatoms. The Labute approximate surface area is 181 Å². The maximum atomic E-state index is 13.7. The lowest BCUT2D eigenvalue weighted by molar-refractivity contribution is -0.137. The Balaban J connectivity index is 1.79. The standard InChI is InChI=1S/C20H20F3N7O2/c1-31-18-3-2-12(10-26-18)27-17-9-15(28-19(29-17)30-4-6-32-7-5-30)13-11-25-16(24)8-14(13)20(21,22)23/h2-3,8-11H,4-7H2,1H3,(H2,24,25)(H,27,28,29). The first-order valence-corrected chi connectivity index (χ1v) is 9.65. The number of methoxy groups -OCH3 is 1. The Morgan fingerprint density at radius 1 is 1.09 bits per heavy atom. The first-order chi connectivity index (χ1) is 15.3. The lowest BCUT2D eigenvalue weighted by Crippen LogP contribution is -2.37. The number of nitrogens with zero attached hydrogens (tertiary/aromatic N) is 5. The van der Waals surface area contributed by atoms with Crippen LogP contribution in [0.1, 0.15) is 5.56 Å². The Bertz CT molecular complexity index is 1090. The lowest BCUT2D eigenvalue weighted by atomic mass is 10.1. The molecule has 4 rings (SSSR count). The molecule has 0 saturated carbocycles. The summed E-state index contributed by atoms with van der Waals surface area (Å²) in [6.07, 6.45) is -2.03. The number of aromatic nitrogens is 4. The van der Waals surface area contributed by atoms with Crippen LogP contribution in [-0.2, 0) is 10.9 Å². The number of hydrogen-bond acceptors (Lipinski definition) is 9. The fraction of sp³-hybridized carbons (Fsp3) is 0.300. The number of rotatable bonds is 5. The van der Waals surface area contributed by atoms with Gasteiger partial charge in [0.2, 0.25) is 11.8 Å². The van der Waals surface area contributed by atoms with E-state index in [4.69, 9.17) is 15.2 Å². The van der Waals surface area contributed by atoms with E-state index in [2.05, 4.69) is 25.3 Å². The molecule has 168 valence electrons. The van der Waals surface area contributed by atoms with E-state index in [9.17, 15) is 13.2 Å². The Morgan fingerprint density at radius 3 is 2.53 bits per heavy atom. The van der Waals surface area contributed by atoms with Crippen LogP contribution >= 0.6 is 0 Å². The zero-order chi connectivity index (χ0) is 22.7. The van der Waals surface area contributed by atoms with Crippen LogP contribution in [0.3, 0.4) is 0 Å².